The van der Waals surface area contributed by atoms with Crippen molar-refractivity contribution >= 4 is 50.4 Å². The van der Waals surface area contributed by atoms with Crippen LogP contribution in [0.2, 0.25) is 10.0 Å². The first-order chi connectivity index (χ1) is 12.8. The van der Waals surface area contributed by atoms with Gasteiger partial charge < -0.3 is 0 Å². The number of carbonyl (C=O) groups is 1. The first-order valence-corrected chi connectivity index (χ1v) is 10.3. The van der Waals surface area contributed by atoms with Gasteiger partial charge in [0.15, 0.2) is 5.78 Å². The molecule has 2 aromatic carbocycles. The molecule has 0 saturated carbocycles. The first-order valence-electron chi connectivity index (χ1n) is 8.09. The third-order valence-electron chi connectivity index (χ3n) is 3.93. The number of halogens is 2. The molecule has 2 rings (SSSR count). The highest BCUT2D eigenvalue weighted by molar-refractivity contribution is 7.93. The molecule has 0 atom stereocenters. The Morgan fingerprint density at radius 3 is 2.18 bits per heavy atom. The van der Waals surface area contributed by atoms with E-state index in [2.05, 4.69) is 0 Å². The number of anilines is 1. The van der Waals surface area contributed by atoms with E-state index in [9.17, 15) is 23.3 Å². The van der Waals surface area contributed by atoms with E-state index in [0.717, 1.165) is 22.5 Å². The molecule has 0 aromatic heterocycles. The van der Waals surface area contributed by atoms with E-state index in [4.69, 9.17) is 23.2 Å². The Morgan fingerprint density at radius 2 is 1.68 bits per heavy atom. The second-order valence-electron chi connectivity index (χ2n) is 7.03. The Bertz CT molecular complexity index is 1020. The standard InChI is InChI=1S/C18H18Cl2N2O5S/c1-18(2,3)17(23)11-21(13-6-4-12(19)5-7-13)28(26,27)16-10-14(22(24)25)8-9-15(16)20/h4-10H,11H2,1-3H3. The van der Waals surface area contributed by atoms with Crippen molar-refractivity contribution in [2.45, 2.75) is 25.7 Å². The van der Waals surface area contributed by atoms with Gasteiger partial charge in [-0.15, -0.1) is 0 Å². The summed E-state index contributed by atoms with van der Waals surface area (Å²) in [5.41, 5.74) is -1.04. The molecule has 0 heterocycles. The molecular weight excluding hydrogens is 427 g/mol. The topological polar surface area (TPSA) is 97.6 Å². The van der Waals surface area contributed by atoms with Crippen molar-refractivity contribution in [3.05, 3.63) is 62.6 Å². The average Bonchev–Trinajstić information content (AvgIpc) is 2.59. The zero-order valence-corrected chi connectivity index (χ0v) is 17.7. The number of ketones is 1. The SMILES string of the molecule is CC(C)(C)C(=O)CN(c1ccc(Cl)cc1)S(=O)(=O)c1cc([N+](=O)[O-])ccc1Cl. The second kappa shape index (κ2) is 8.06. The maximum absolute atomic E-state index is 13.3. The molecule has 0 radical (unpaired) electrons. The number of rotatable bonds is 6. The van der Waals surface area contributed by atoms with Gasteiger partial charge in [0, 0.05) is 22.6 Å². The molecule has 0 saturated heterocycles. The lowest BCUT2D eigenvalue weighted by Gasteiger charge is -2.27. The first kappa shape index (κ1) is 22.1. The number of carbonyl (C=O) groups excluding carboxylic acids is 1. The number of hydrogen-bond donors (Lipinski definition) is 0. The van der Waals surface area contributed by atoms with Gasteiger partial charge in [-0.25, -0.2) is 8.42 Å². The summed E-state index contributed by atoms with van der Waals surface area (Å²) in [7, 11) is -4.38. The Balaban J connectivity index is 2.64. The van der Waals surface area contributed by atoms with E-state index in [1.165, 1.54) is 24.3 Å². The smallest absolute Gasteiger partial charge is 0.270 e. The largest absolute Gasteiger partial charge is 0.297 e. The Labute approximate surface area is 173 Å². The zero-order chi connectivity index (χ0) is 21.3. The molecule has 0 fully saturated rings. The zero-order valence-electron chi connectivity index (χ0n) is 15.3. The molecular formula is C18H18Cl2N2O5S. The van der Waals surface area contributed by atoms with E-state index < -0.39 is 37.5 Å². The Kier molecular flexibility index (Phi) is 6.37. The van der Waals surface area contributed by atoms with Crippen molar-refractivity contribution in [2.75, 3.05) is 10.8 Å². The number of benzene rings is 2. The normalized spacial score (nSPS) is 11.9. The summed E-state index contributed by atoms with van der Waals surface area (Å²) in [4.78, 5) is 22.5. The van der Waals surface area contributed by atoms with Crippen LogP contribution in [0.4, 0.5) is 11.4 Å². The number of non-ortho nitro benzene ring substituents is 1. The van der Waals surface area contributed by atoms with Crippen LogP contribution in [0.1, 0.15) is 20.8 Å². The van der Waals surface area contributed by atoms with E-state index in [-0.39, 0.29) is 16.5 Å². The third kappa shape index (κ3) is 4.81. The van der Waals surface area contributed by atoms with Gasteiger partial charge in [0.05, 0.1) is 22.2 Å². The van der Waals surface area contributed by atoms with Crippen LogP contribution < -0.4 is 4.31 Å². The molecule has 10 heteroatoms. The van der Waals surface area contributed by atoms with Gasteiger partial charge in [-0.05, 0) is 30.3 Å². The van der Waals surface area contributed by atoms with Crippen molar-refractivity contribution in [1.29, 1.82) is 0 Å². The van der Waals surface area contributed by atoms with E-state index in [1.54, 1.807) is 20.8 Å². The van der Waals surface area contributed by atoms with Crippen molar-refractivity contribution in [2.24, 2.45) is 5.41 Å². The van der Waals surface area contributed by atoms with Crippen molar-refractivity contribution in [1.82, 2.24) is 0 Å². The third-order valence-corrected chi connectivity index (χ3v) is 6.44. The summed E-state index contributed by atoms with van der Waals surface area (Å²) in [5.74, 6) is -0.340. The van der Waals surface area contributed by atoms with Gasteiger partial charge in [-0.2, -0.15) is 0 Å². The monoisotopic (exact) mass is 444 g/mol. The highest BCUT2D eigenvalue weighted by Gasteiger charge is 2.33. The fourth-order valence-corrected chi connectivity index (χ4v) is 4.26. The minimum atomic E-state index is -4.38. The quantitative estimate of drug-likeness (QED) is 0.474. The lowest BCUT2D eigenvalue weighted by atomic mass is 9.91. The molecule has 0 aliphatic heterocycles. The van der Waals surface area contributed by atoms with Gasteiger partial charge in [-0.3, -0.25) is 19.2 Å². The van der Waals surface area contributed by atoms with Crippen molar-refractivity contribution < 1.29 is 18.1 Å². The molecule has 0 amide bonds. The van der Waals surface area contributed by atoms with E-state index >= 15 is 0 Å². The molecule has 0 aliphatic rings. The molecule has 2 aromatic rings. The van der Waals surface area contributed by atoms with Crippen LogP contribution >= 0.6 is 23.2 Å². The summed E-state index contributed by atoms with van der Waals surface area (Å²) in [6.07, 6.45) is 0. The van der Waals surface area contributed by atoms with Crippen molar-refractivity contribution in [3.8, 4) is 0 Å². The van der Waals surface area contributed by atoms with Crippen LogP contribution in [-0.2, 0) is 14.8 Å². The summed E-state index contributed by atoms with van der Waals surface area (Å²) in [6.45, 7) is 4.54. The number of hydrogen-bond acceptors (Lipinski definition) is 5. The molecule has 150 valence electrons. The van der Waals surface area contributed by atoms with Gasteiger partial charge in [-0.1, -0.05) is 44.0 Å². The maximum atomic E-state index is 13.3. The van der Waals surface area contributed by atoms with Gasteiger partial charge in [0.1, 0.15) is 4.90 Å². The number of nitro benzene ring substituents is 1. The summed E-state index contributed by atoms with van der Waals surface area (Å²) in [5, 5.41) is 11.3. The van der Waals surface area contributed by atoms with Crippen LogP contribution in [0.25, 0.3) is 0 Å². The Hall–Kier alpha value is -2.16. The predicted octanol–water partition coefficient (Wildman–Crippen LogP) is 4.71. The highest BCUT2D eigenvalue weighted by Crippen LogP contribution is 2.32. The van der Waals surface area contributed by atoms with Crippen LogP contribution in [0.3, 0.4) is 0 Å². The minimum absolute atomic E-state index is 0.185. The average molecular weight is 445 g/mol. The maximum Gasteiger partial charge on any atom is 0.270 e. The highest BCUT2D eigenvalue weighted by atomic mass is 35.5. The minimum Gasteiger partial charge on any atom is -0.297 e. The molecule has 0 bridgehead atoms. The number of sulfonamides is 1. The Morgan fingerprint density at radius 1 is 1.11 bits per heavy atom. The number of nitro groups is 1. The molecule has 0 spiro atoms. The summed E-state index contributed by atoms with van der Waals surface area (Å²) >= 11 is 11.9. The van der Waals surface area contributed by atoms with Crippen LogP contribution in [0.5, 0.6) is 0 Å². The molecule has 0 N–H and O–H groups in total. The lowest BCUT2D eigenvalue weighted by molar-refractivity contribution is -0.385. The van der Waals surface area contributed by atoms with E-state index in [0.29, 0.717) is 5.02 Å². The predicted molar refractivity (Wildman–Crippen MR) is 109 cm³/mol. The molecule has 7 nitrogen and oxygen atoms in total. The summed E-state index contributed by atoms with van der Waals surface area (Å²) in [6, 6.07) is 8.98. The van der Waals surface area contributed by atoms with E-state index in [1.807, 2.05) is 0 Å². The van der Waals surface area contributed by atoms with Crippen LogP contribution in [0.15, 0.2) is 47.4 Å². The van der Waals surface area contributed by atoms with Crippen LogP contribution in [-0.4, -0.2) is 25.7 Å². The fraction of sp³-hybridized carbons (Fsp3) is 0.278. The van der Waals surface area contributed by atoms with Crippen LogP contribution in [0, 0.1) is 15.5 Å². The summed E-state index contributed by atoms with van der Waals surface area (Å²) < 4.78 is 27.5. The fourth-order valence-electron chi connectivity index (χ4n) is 2.21. The molecule has 28 heavy (non-hydrogen) atoms. The van der Waals surface area contributed by atoms with Gasteiger partial charge in [0.2, 0.25) is 0 Å². The lowest BCUT2D eigenvalue weighted by Crippen LogP contribution is -2.40. The molecule has 0 aliphatic carbocycles. The number of Topliss-reactive ketones (excluding diaryl/α,β-unsaturated/α-hetero) is 1. The number of nitrogens with zero attached hydrogens (tertiary/aromatic N) is 2. The van der Waals surface area contributed by atoms with Crippen molar-refractivity contribution in [3.63, 3.8) is 0 Å². The van der Waals surface area contributed by atoms with Gasteiger partial charge >= 0.3 is 0 Å². The molecule has 0 unspecified atom stereocenters. The van der Waals surface area contributed by atoms with Gasteiger partial charge in [0.25, 0.3) is 15.7 Å². The second-order valence-corrected chi connectivity index (χ2v) is 9.71.